The molecule has 0 nitrogen and oxygen atoms in total. The van der Waals surface area contributed by atoms with Crippen molar-refractivity contribution in [2.45, 2.75) is 23.9 Å². The van der Waals surface area contributed by atoms with Gasteiger partial charge < -0.3 is 24.8 Å². The van der Waals surface area contributed by atoms with Crippen molar-refractivity contribution < 1.29 is 46.1 Å². The maximum Gasteiger partial charge on any atom is -1.00 e. The molecule has 2 aliphatic carbocycles. The van der Waals surface area contributed by atoms with Gasteiger partial charge in [0.05, 0.1) is 0 Å². The summed E-state index contributed by atoms with van der Waals surface area (Å²) in [5, 5.41) is 0. The third-order valence-corrected chi connectivity index (χ3v) is 15.1. The second-order valence-corrected chi connectivity index (χ2v) is 15.6. The molecule has 3 aromatic rings. The summed E-state index contributed by atoms with van der Waals surface area (Å²) >= 11 is -2.31. The molecule has 0 radical (unpaired) electrons. The SMILES string of the molecule is C=Cc1ccc2c(c1)-c1cc(C=C)ccc1[CH]2/[Zr+2]([C]1=CC=CC1)=[C](\C)c1ccc(C)cc1.[Cl-].[Cl-]. The standard InChI is InChI=1S/C17H13.C9H10.C5H5.2ClH.Zr/c1-3-12-5-7-14-11-15-8-6-13(4-2)10-17(15)16(14)9-12;1-3-9-6-4-8(2)5-7-9;1-2-4-5-3-1;;;/h3-11H,1-2H2;4-7H,1-2H3;1-3H,4H2;2*1H;/q;;;;;+2/p-2. The Morgan fingerprint density at radius 1 is 0.853 bits per heavy atom. The van der Waals surface area contributed by atoms with Crippen LogP contribution >= 0.6 is 0 Å². The van der Waals surface area contributed by atoms with E-state index in [1.165, 1.54) is 44.5 Å². The van der Waals surface area contributed by atoms with Crippen LogP contribution in [-0.2, 0) is 21.3 Å². The molecule has 3 aromatic carbocycles. The molecule has 5 rings (SSSR count). The maximum absolute atomic E-state index is 4.01. The number of fused-ring (bicyclic) bond motifs is 3. The van der Waals surface area contributed by atoms with Crippen LogP contribution in [0.4, 0.5) is 0 Å². The van der Waals surface area contributed by atoms with E-state index in [1.54, 1.807) is 6.49 Å². The molecule has 0 saturated carbocycles. The Kier molecular flexibility index (Phi) is 8.69. The molecule has 0 amide bonds. The van der Waals surface area contributed by atoms with E-state index in [4.69, 9.17) is 0 Å². The van der Waals surface area contributed by atoms with Crippen LogP contribution in [0.25, 0.3) is 23.3 Å². The van der Waals surface area contributed by atoms with Gasteiger partial charge in [-0.05, 0) is 0 Å². The molecular weight excluding hydrogens is 534 g/mol. The topological polar surface area (TPSA) is 0 Å². The van der Waals surface area contributed by atoms with E-state index in [-0.39, 0.29) is 24.8 Å². The smallest absolute Gasteiger partial charge is 1.00 e. The molecule has 0 N–H and O–H groups in total. The number of rotatable bonds is 5. The van der Waals surface area contributed by atoms with Crippen molar-refractivity contribution in [3.05, 3.63) is 129 Å². The van der Waals surface area contributed by atoms with Crippen LogP contribution < -0.4 is 24.8 Å². The first kappa shape index (κ1) is 26.6. The average Bonchev–Trinajstić information content (AvgIpc) is 3.46. The van der Waals surface area contributed by atoms with Gasteiger partial charge in [-0.2, -0.15) is 0 Å². The van der Waals surface area contributed by atoms with Crippen molar-refractivity contribution in [3.63, 3.8) is 0 Å². The minimum Gasteiger partial charge on any atom is -1.00 e. The molecule has 170 valence electrons. The minimum absolute atomic E-state index is 0. The van der Waals surface area contributed by atoms with Gasteiger partial charge in [-0.25, -0.2) is 0 Å². The van der Waals surface area contributed by atoms with Crippen molar-refractivity contribution in [3.8, 4) is 11.1 Å². The van der Waals surface area contributed by atoms with Gasteiger partial charge in [0, 0.05) is 0 Å². The first-order chi connectivity index (χ1) is 15.6. The maximum atomic E-state index is 4.01. The summed E-state index contributed by atoms with van der Waals surface area (Å²) in [5.41, 5.74) is 10.9. The minimum atomic E-state index is -2.31. The zero-order chi connectivity index (χ0) is 22.2. The molecule has 3 heteroatoms. The number of hydrogen-bond acceptors (Lipinski definition) is 0. The van der Waals surface area contributed by atoms with Gasteiger partial charge >= 0.3 is 200 Å². The molecule has 0 aliphatic heterocycles. The Balaban J connectivity index is 0.00000162. The van der Waals surface area contributed by atoms with Gasteiger partial charge in [-0.15, -0.1) is 0 Å². The number of halogens is 2. The van der Waals surface area contributed by atoms with Crippen molar-refractivity contribution in [2.75, 3.05) is 0 Å². The van der Waals surface area contributed by atoms with E-state index in [0.717, 1.165) is 6.42 Å². The fraction of sp³-hybridized carbons (Fsp3) is 0.129. The Labute approximate surface area is 223 Å². The summed E-state index contributed by atoms with van der Waals surface area (Å²) in [6, 6.07) is 23.0. The van der Waals surface area contributed by atoms with Crippen molar-refractivity contribution in [1.82, 2.24) is 0 Å². The molecular formula is C31H28Cl2Zr. The van der Waals surface area contributed by atoms with Crippen molar-refractivity contribution >= 4 is 15.4 Å². The zero-order valence-electron chi connectivity index (χ0n) is 19.6. The van der Waals surface area contributed by atoms with Crippen LogP contribution in [0.1, 0.15) is 50.4 Å². The molecule has 0 fully saturated rings. The summed E-state index contributed by atoms with van der Waals surface area (Å²) in [5.74, 6) is 0. The molecule has 34 heavy (non-hydrogen) atoms. The normalized spacial score (nSPS) is 13.7. The Morgan fingerprint density at radius 3 is 1.88 bits per heavy atom. The quantitative estimate of drug-likeness (QED) is 0.447. The van der Waals surface area contributed by atoms with Crippen LogP contribution in [0.3, 0.4) is 0 Å². The van der Waals surface area contributed by atoms with E-state index >= 15 is 0 Å². The second kappa shape index (κ2) is 11.1. The summed E-state index contributed by atoms with van der Waals surface area (Å²) in [4.78, 5) is 0. The fourth-order valence-corrected chi connectivity index (χ4v) is 13.7. The monoisotopic (exact) mass is 560 g/mol. The Morgan fingerprint density at radius 2 is 1.41 bits per heavy atom. The van der Waals surface area contributed by atoms with E-state index < -0.39 is 21.3 Å². The van der Waals surface area contributed by atoms with Crippen LogP contribution in [0, 0.1) is 6.92 Å². The van der Waals surface area contributed by atoms with E-state index in [0.29, 0.717) is 3.63 Å². The number of aryl methyl sites for hydroxylation is 1. The summed E-state index contributed by atoms with van der Waals surface area (Å²) in [6.45, 7) is 12.6. The molecule has 0 aromatic heterocycles. The summed E-state index contributed by atoms with van der Waals surface area (Å²) in [6.07, 6.45) is 12.0. The largest absolute Gasteiger partial charge is 1.00 e. The number of hydrogen-bond donors (Lipinski definition) is 0. The second-order valence-electron chi connectivity index (χ2n) is 8.76. The third kappa shape index (κ3) is 4.72. The van der Waals surface area contributed by atoms with Crippen LogP contribution in [0.15, 0.2) is 95.3 Å². The van der Waals surface area contributed by atoms with Gasteiger partial charge in [-0.3, -0.25) is 0 Å². The average molecular weight is 563 g/mol. The third-order valence-electron chi connectivity index (χ3n) is 6.83. The number of allylic oxidation sites excluding steroid dienone is 4. The number of benzene rings is 3. The molecule has 2 aliphatic rings. The molecule has 0 heterocycles. The van der Waals surface area contributed by atoms with Gasteiger partial charge in [-0.1, -0.05) is 0 Å². The van der Waals surface area contributed by atoms with Crippen LogP contribution in [0.2, 0.25) is 0 Å². The van der Waals surface area contributed by atoms with Gasteiger partial charge in [0.2, 0.25) is 0 Å². The fourth-order valence-electron chi connectivity index (χ4n) is 5.10. The molecule has 0 unspecified atom stereocenters. The van der Waals surface area contributed by atoms with Crippen LogP contribution in [-0.4, -0.2) is 3.21 Å². The van der Waals surface area contributed by atoms with E-state index in [2.05, 4.69) is 106 Å². The Bertz CT molecular complexity index is 1280. The van der Waals surface area contributed by atoms with Gasteiger partial charge in [0.25, 0.3) is 0 Å². The first-order valence-corrected chi connectivity index (χ1v) is 15.2. The van der Waals surface area contributed by atoms with Crippen molar-refractivity contribution in [1.29, 1.82) is 0 Å². The summed E-state index contributed by atoms with van der Waals surface area (Å²) < 4.78 is 3.81. The zero-order valence-corrected chi connectivity index (χ0v) is 23.6. The molecule has 0 spiro atoms. The van der Waals surface area contributed by atoms with E-state index in [9.17, 15) is 0 Å². The summed E-state index contributed by atoms with van der Waals surface area (Å²) in [7, 11) is 0. The molecule has 0 saturated heterocycles. The molecule has 0 atom stereocenters. The van der Waals surface area contributed by atoms with E-state index in [1.807, 2.05) is 12.2 Å². The predicted octanol–water partition coefficient (Wildman–Crippen LogP) is 2.06. The van der Waals surface area contributed by atoms with Crippen LogP contribution in [0.5, 0.6) is 0 Å². The van der Waals surface area contributed by atoms with Crippen molar-refractivity contribution in [2.24, 2.45) is 0 Å². The predicted molar refractivity (Wildman–Crippen MR) is 137 cm³/mol. The first-order valence-electron chi connectivity index (χ1n) is 11.3. The van der Waals surface area contributed by atoms with Gasteiger partial charge in [0.1, 0.15) is 0 Å². The van der Waals surface area contributed by atoms with Gasteiger partial charge in [0.15, 0.2) is 0 Å². The Hall–Kier alpha value is -2.05. The molecule has 0 bridgehead atoms.